The number of rotatable bonds is 7. The van der Waals surface area contributed by atoms with Crippen LogP contribution in [0.2, 0.25) is 0 Å². The third-order valence-electron chi connectivity index (χ3n) is 4.58. The summed E-state index contributed by atoms with van der Waals surface area (Å²) < 4.78 is 7.15. The molecular weight excluding hydrogens is 380 g/mol. The number of carbonyl (C=O) groups excluding carboxylic acids is 1. The van der Waals surface area contributed by atoms with Gasteiger partial charge in [-0.3, -0.25) is 9.48 Å². The highest BCUT2D eigenvalue weighted by molar-refractivity contribution is 5.97. The van der Waals surface area contributed by atoms with E-state index >= 15 is 0 Å². The Balaban J connectivity index is 1.72. The molecule has 8 heteroatoms. The van der Waals surface area contributed by atoms with Gasteiger partial charge in [-0.2, -0.15) is 5.10 Å². The van der Waals surface area contributed by atoms with E-state index in [1.165, 1.54) is 0 Å². The Morgan fingerprint density at radius 2 is 2.13 bits per heavy atom. The van der Waals surface area contributed by atoms with Crippen LogP contribution in [0.25, 0.3) is 21.8 Å². The fourth-order valence-electron chi connectivity index (χ4n) is 3.15. The first-order valence-corrected chi connectivity index (χ1v) is 9.25. The molecule has 3 N–H and O–H groups in total. The van der Waals surface area contributed by atoms with Crippen LogP contribution in [0.4, 0.5) is 11.5 Å². The summed E-state index contributed by atoms with van der Waals surface area (Å²) in [5.74, 6) is 0.340. The highest BCUT2D eigenvalue weighted by atomic mass is 16.5. The van der Waals surface area contributed by atoms with Gasteiger partial charge in [0.25, 0.3) is 5.91 Å². The minimum Gasteiger partial charge on any atom is -0.497 e. The van der Waals surface area contributed by atoms with E-state index in [9.17, 15) is 4.79 Å². The second kappa shape index (κ2) is 8.04. The lowest BCUT2D eigenvalue weighted by atomic mass is 10.2. The maximum Gasteiger partial charge on any atom is 0.286 e. The Morgan fingerprint density at radius 1 is 1.27 bits per heavy atom. The van der Waals surface area contributed by atoms with Crippen molar-refractivity contribution in [2.75, 3.05) is 12.4 Å². The molecule has 0 saturated carbocycles. The molecule has 4 rings (SSSR count). The molecule has 2 aromatic heterocycles. The van der Waals surface area contributed by atoms with E-state index in [0.717, 1.165) is 22.0 Å². The van der Waals surface area contributed by atoms with E-state index in [1.54, 1.807) is 25.4 Å². The van der Waals surface area contributed by atoms with Gasteiger partial charge in [0.1, 0.15) is 11.6 Å². The molecule has 0 bridgehead atoms. The first-order valence-electron chi connectivity index (χ1n) is 9.25. The zero-order chi connectivity index (χ0) is 21.1. The van der Waals surface area contributed by atoms with Crippen LogP contribution < -0.4 is 15.8 Å². The summed E-state index contributed by atoms with van der Waals surface area (Å²) in [6.45, 7) is 4.33. The largest absolute Gasteiger partial charge is 0.497 e. The highest BCUT2D eigenvalue weighted by Crippen LogP contribution is 2.28. The smallest absolute Gasteiger partial charge is 0.286 e. The number of amides is 1. The van der Waals surface area contributed by atoms with Crippen LogP contribution in [-0.2, 0) is 6.54 Å². The van der Waals surface area contributed by atoms with E-state index in [0.29, 0.717) is 23.6 Å². The second-order valence-electron chi connectivity index (χ2n) is 6.53. The van der Waals surface area contributed by atoms with Crippen molar-refractivity contribution in [1.29, 1.82) is 0 Å². The van der Waals surface area contributed by atoms with E-state index in [1.807, 2.05) is 47.2 Å². The lowest BCUT2D eigenvalue weighted by Crippen LogP contribution is -2.16. The zero-order valence-corrected chi connectivity index (χ0v) is 16.4. The fourth-order valence-corrected chi connectivity index (χ4v) is 3.15. The van der Waals surface area contributed by atoms with Crippen molar-refractivity contribution in [3.63, 3.8) is 0 Å². The molecule has 2 aromatic carbocycles. The molecule has 30 heavy (non-hydrogen) atoms. The lowest BCUT2D eigenvalue weighted by molar-refractivity contribution is 0.0991. The molecule has 8 nitrogen and oxygen atoms in total. The summed E-state index contributed by atoms with van der Waals surface area (Å²) in [4.78, 5) is 20.3. The van der Waals surface area contributed by atoms with Gasteiger partial charge in [-0.05, 0) is 30.3 Å². The Hall–Kier alpha value is -4.20. The lowest BCUT2D eigenvalue weighted by Gasteiger charge is -2.11. The second-order valence-corrected chi connectivity index (χ2v) is 6.53. The minimum atomic E-state index is -0.702. The number of ether oxygens (including phenoxy) is 1. The molecule has 0 atom stereocenters. The number of carbonyl (C=O) groups is 1. The Bertz CT molecular complexity index is 1290. The number of fused-ring (bicyclic) bond motifs is 2. The van der Waals surface area contributed by atoms with Crippen molar-refractivity contribution in [2.45, 2.75) is 6.54 Å². The number of anilines is 2. The minimum absolute atomic E-state index is 0.0684. The topological polar surface area (TPSA) is 108 Å². The van der Waals surface area contributed by atoms with Crippen molar-refractivity contribution in [2.24, 2.45) is 5.73 Å². The Labute approximate surface area is 172 Å². The molecule has 0 fully saturated rings. The zero-order valence-electron chi connectivity index (χ0n) is 16.4. The van der Waals surface area contributed by atoms with Crippen LogP contribution in [0, 0.1) is 0 Å². The maximum absolute atomic E-state index is 11.7. The summed E-state index contributed by atoms with van der Waals surface area (Å²) in [6.07, 6.45) is 7.41. The van der Waals surface area contributed by atoms with Crippen LogP contribution in [0.15, 0.2) is 67.4 Å². The summed E-state index contributed by atoms with van der Waals surface area (Å²) in [6, 6.07) is 11.3. The van der Waals surface area contributed by atoms with Gasteiger partial charge in [0.2, 0.25) is 5.82 Å². The number of methoxy groups -OCH3 is 1. The standard InChI is InChI=1S/C22H20N6O2/c1-3-4-5-10-28-19-9-6-15(11-14(19)13-24-28)25-21-17-8-7-16(30-2)12-18(17)26-22(27-21)20(23)29/h3-9,11-13H,1,10H2,2H3,(H2,23,29)(H,25,26,27). The van der Waals surface area contributed by atoms with Gasteiger partial charge in [-0.15, -0.1) is 0 Å². The average molecular weight is 400 g/mol. The van der Waals surface area contributed by atoms with Crippen molar-refractivity contribution >= 4 is 39.2 Å². The average Bonchev–Trinajstić information content (AvgIpc) is 3.15. The third kappa shape index (κ3) is 3.70. The molecule has 0 aliphatic rings. The van der Waals surface area contributed by atoms with Gasteiger partial charge in [-0.25, -0.2) is 9.97 Å². The number of benzene rings is 2. The van der Waals surface area contributed by atoms with Gasteiger partial charge in [0.05, 0.1) is 30.9 Å². The molecular formula is C22H20N6O2. The molecule has 150 valence electrons. The number of aromatic nitrogens is 4. The number of nitrogens with one attached hydrogen (secondary N) is 1. The van der Waals surface area contributed by atoms with Crippen LogP contribution in [0.3, 0.4) is 0 Å². The maximum atomic E-state index is 11.7. The Morgan fingerprint density at radius 3 is 2.90 bits per heavy atom. The molecule has 1 amide bonds. The molecule has 0 radical (unpaired) electrons. The molecule has 4 aromatic rings. The van der Waals surface area contributed by atoms with E-state index in [4.69, 9.17) is 10.5 Å². The summed E-state index contributed by atoms with van der Waals surface area (Å²) in [5.41, 5.74) is 7.78. The van der Waals surface area contributed by atoms with Crippen molar-refractivity contribution in [1.82, 2.24) is 19.7 Å². The fraction of sp³-hybridized carbons (Fsp3) is 0.0909. The van der Waals surface area contributed by atoms with Crippen LogP contribution in [-0.4, -0.2) is 32.8 Å². The summed E-state index contributed by atoms with van der Waals surface area (Å²) in [7, 11) is 1.57. The molecule has 0 saturated heterocycles. The van der Waals surface area contributed by atoms with Gasteiger partial charge < -0.3 is 15.8 Å². The molecule has 0 aliphatic carbocycles. The Kier molecular flexibility index (Phi) is 5.13. The first kappa shape index (κ1) is 19.1. The van der Waals surface area contributed by atoms with E-state index < -0.39 is 5.91 Å². The number of hydrogen-bond acceptors (Lipinski definition) is 6. The monoisotopic (exact) mass is 400 g/mol. The SMILES string of the molecule is C=CC=CCn1ncc2cc(Nc3nc(C(N)=O)nc4cc(OC)ccc34)ccc21. The highest BCUT2D eigenvalue weighted by Gasteiger charge is 2.13. The number of nitrogens with zero attached hydrogens (tertiary/aromatic N) is 4. The number of primary amides is 1. The predicted molar refractivity (Wildman–Crippen MR) is 117 cm³/mol. The first-order chi connectivity index (χ1) is 14.6. The van der Waals surface area contributed by atoms with Crippen LogP contribution in [0.5, 0.6) is 5.75 Å². The number of allylic oxidation sites excluding steroid dienone is 3. The van der Waals surface area contributed by atoms with E-state index in [-0.39, 0.29) is 5.82 Å². The van der Waals surface area contributed by atoms with Crippen molar-refractivity contribution in [3.05, 3.63) is 73.2 Å². The van der Waals surface area contributed by atoms with Gasteiger partial charge in [-0.1, -0.05) is 24.8 Å². The number of nitrogens with two attached hydrogens (primary N) is 1. The van der Waals surface area contributed by atoms with Crippen LogP contribution >= 0.6 is 0 Å². The molecule has 0 unspecified atom stereocenters. The normalized spacial score (nSPS) is 11.2. The summed E-state index contributed by atoms with van der Waals surface area (Å²) in [5, 5.41) is 9.41. The summed E-state index contributed by atoms with van der Waals surface area (Å²) >= 11 is 0. The van der Waals surface area contributed by atoms with Gasteiger partial charge >= 0.3 is 0 Å². The quantitative estimate of drug-likeness (QED) is 0.459. The van der Waals surface area contributed by atoms with Gasteiger partial charge in [0.15, 0.2) is 0 Å². The van der Waals surface area contributed by atoms with Crippen LogP contribution in [0.1, 0.15) is 10.6 Å². The predicted octanol–water partition coefficient (Wildman–Crippen LogP) is 3.57. The van der Waals surface area contributed by atoms with Gasteiger partial charge in [0, 0.05) is 22.5 Å². The molecule has 0 aliphatic heterocycles. The van der Waals surface area contributed by atoms with E-state index in [2.05, 4.69) is 27.0 Å². The van der Waals surface area contributed by atoms with Crippen molar-refractivity contribution < 1.29 is 9.53 Å². The number of hydrogen-bond donors (Lipinski definition) is 2. The van der Waals surface area contributed by atoms with Crippen molar-refractivity contribution in [3.8, 4) is 5.75 Å². The molecule has 0 spiro atoms. The molecule has 2 heterocycles. The third-order valence-corrected chi connectivity index (χ3v) is 4.58.